The first-order valence-electron chi connectivity index (χ1n) is 7.57. The van der Waals surface area contributed by atoms with Gasteiger partial charge in [0.25, 0.3) is 0 Å². The fourth-order valence-corrected chi connectivity index (χ4v) is 2.70. The number of alkyl halides is 3. The molecule has 0 spiro atoms. The molecule has 2 atom stereocenters. The second kappa shape index (κ2) is 6.87. The van der Waals surface area contributed by atoms with E-state index < -0.39 is 11.7 Å². The molecular weight excluding hydrogens is 293 g/mol. The Balaban J connectivity index is 1.83. The maximum Gasteiger partial charge on any atom is 0.416 e. The fourth-order valence-electron chi connectivity index (χ4n) is 2.70. The summed E-state index contributed by atoms with van der Waals surface area (Å²) in [5.74, 6) is 0.791. The number of ether oxygens (including phenoxy) is 1. The van der Waals surface area contributed by atoms with E-state index in [-0.39, 0.29) is 6.04 Å². The molecule has 1 aromatic rings. The zero-order valence-corrected chi connectivity index (χ0v) is 12.9. The number of halogens is 3. The van der Waals surface area contributed by atoms with Crippen LogP contribution in [-0.4, -0.2) is 36.7 Å². The van der Waals surface area contributed by atoms with Gasteiger partial charge in [0.2, 0.25) is 0 Å². The third-order valence-corrected chi connectivity index (χ3v) is 4.22. The highest BCUT2D eigenvalue weighted by molar-refractivity contribution is 5.28. The van der Waals surface area contributed by atoms with Gasteiger partial charge in [-0.3, -0.25) is 0 Å². The highest BCUT2D eigenvalue weighted by atomic mass is 19.4. The topological polar surface area (TPSA) is 38.5 Å². The molecule has 0 aliphatic carbocycles. The molecule has 0 amide bonds. The zero-order chi connectivity index (χ0) is 16.3. The van der Waals surface area contributed by atoms with Crippen molar-refractivity contribution in [3.8, 4) is 5.75 Å². The smallest absolute Gasteiger partial charge is 0.416 e. The van der Waals surface area contributed by atoms with Gasteiger partial charge in [0, 0.05) is 18.6 Å². The summed E-state index contributed by atoms with van der Waals surface area (Å²) in [7, 11) is 0. The number of hydrogen-bond donors (Lipinski definition) is 1. The largest absolute Gasteiger partial charge is 0.492 e. The monoisotopic (exact) mass is 316 g/mol. The van der Waals surface area contributed by atoms with Crippen molar-refractivity contribution in [2.24, 2.45) is 11.7 Å². The van der Waals surface area contributed by atoms with Gasteiger partial charge in [-0.2, -0.15) is 13.2 Å². The summed E-state index contributed by atoms with van der Waals surface area (Å²) in [4.78, 5) is 2.38. The van der Waals surface area contributed by atoms with Crippen LogP contribution in [0.4, 0.5) is 13.2 Å². The van der Waals surface area contributed by atoms with Crippen molar-refractivity contribution < 1.29 is 17.9 Å². The first kappa shape index (κ1) is 17.1. The van der Waals surface area contributed by atoms with E-state index in [4.69, 9.17) is 10.5 Å². The molecular formula is C16H23F3N2O. The van der Waals surface area contributed by atoms with Crippen LogP contribution >= 0.6 is 0 Å². The lowest BCUT2D eigenvalue weighted by Crippen LogP contribution is -2.38. The predicted octanol–water partition coefficient (Wildman–Crippen LogP) is 3.14. The molecule has 1 aliphatic heterocycles. The highest BCUT2D eigenvalue weighted by Crippen LogP contribution is 2.30. The van der Waals surface area contributed by atoms with Crippen molar-refractivity contribution in [2.45, 2.75) is 38.5 Å². The van der Waals surface area contributed by atoms with Crippen LogP contribution in [0.2, 0.25) is 0 Å². The third kappa shape index (κ3) is 4.36. The number of hydrogen-bond acceptors (Lipinski definition) is 3. The lowest BCUT2D eigenvalue weighted by atomic mass is 10.0. The van der Waals surface area contributed by atoms with E-state index in [1.165, 1.54) is 12.1 Å². The van der Waals surface area contributed by atoms with Crippen LogP contribution in [0.5, 0.6) is 5.75 Å². The van der Waals surface area contributed by atoms with Gasteiger partial charge in [0.05, 0.1) is 5.56 Å². The quantitative estimate of drug-likeness (QED) is 0.907. The van der Waals surface area contributed by atoms with Crippen molar-refractivity contribution in [2.75, 3.05) is 19.7 Å². The van der Waals surface area contributed by atoms with Crippen molar-refractivity contribution in [3.05, 3.63) is 29.8 Å². The summed E-state index contributed by atoms with van der Waals surface area (Å²) >= 11 is 0. The van der Waals surface area contributed by atoms with E-state index in [1.54, 1.807) is 0 Å². The van der Waals surface area contributed by atoms with E-state index in [0.29, 0.717) is 24.3 Å². The van der Waals surface area contributed by atoms with Crippen LogP contribution in [0.1, 0.15) is 25.8 Å². The molecule has 0 saturated carbocycles. The van der Waals surface area contributed by atoms with Gasteiger partial charge in [-0.15, -0.1) is 0 Å². The van der Waals surface area contributed by atoms with Gasteiger partial charge in [-0.1, -0.05) is 0 Å². The summed E-state index contributed by atoms with van der Waals surface area (Å²) in [5, 5.41) is 0. The molecule has 22 heavy (non-hydrogen) atoms. The van der Waals surface area contributed by atoms with Gasteiger partial charge in [-0.25, -0.2) is 0 Å². The average molecular weight is 316 g/mol. The Labute approximate surface area is 129 Å². The normalized spacial score (nSPS) is 21.3. The van der Waals surface area contributed by atoms with Crippen LogP contribution in [0.15, 0.2) is 24.3 Å². The summed E-state index contributed by atoms with van der Waals surface area (Å²) in [6.45, 7) is 6.63. The molecule has 1 heterocycles. The maximum atomic E-state index is 12.5. The van der Waals surface area contributed by atoms with E-state index >= 15 is 0 Å². The zero-order valence-electron chi connectivity index (χ0n) is 12.9. The third-order valence-electron chi connectivity index (χ3n) is 4.22. The van der Waals surface area contributed by atoms with Crippen molar-refractivity contribution in [3.63, 3.8) is 0 Å². The Morgan fingerprint density at radius 1 is 1.27 bits per heavy atom. The molecule has 1 saturated heterocycles. The Morgan fingerprint density at radius 3 is 2.41 bits per heavy atom. The Morgan fingerprint density at radius 2 is 1.91 bits per heavy atom. The van der Waals surface area contributed by atoms with Gasteiger partial charge >= 0.3 is 6.18 Å². The summed E-state index contributed by atoms with van der Waals surface area (Å²) in [6.07, 6.45) is -3.28. The summed E-state index contributed by atoms with van der Waals surface area (Å²) in [6, 6.07) is 5.13. The maximum absolute atomic E-state index is 12.5. The molecule has 3 nitrogen and oxygen atoms in total. The molecule has 1 aromatic carbocycles. The lowest BCUT2D eigenvalue weighted by Gasteiger charge is -2.23. The molecule has 124 valence electrons. The van der Waals surface area contributed by atoms with Crippen molar-refractivity contribution >= 4 is 0 Å². The minimum atomic E-state index is -4.32. The Kier molecular flexibility index (Phi) is 5.34. The molecule has 1 fully saturated rings. The van der Waals surface area contributed by atoms with Crippen LogP contribution in [0.3, 0.4) is 0 Å². The predicted molar refractivity (Wildman–Crippen MR) is 79.7 cm³/mol. The first-order valence-corrected chi connectivity index (χ1v) is 7.57. The molecule has 2 N–H and O–H groups in total. The first-order chi connectivity index (χ1) is 10.3. The molecule has 2 rings (SSSR count). The highest BCUT2D eigenvalue weighted by Gasteiger charge is 2.30. The van der Waals surface area contributed by atoms with E-state index in [1.807, 2.05) is 0 Å². The lowest BCUT2D eigenvalue weighted by molar-refractivity contribution is -0.137. The second-order valence-corrected chi connectivity index (χ2v) is 6.13. The number of nitrogens with zero attached hydrogens (tertiary/aromatic N) is 1. The molecule has 0 aromatic heterocycles. The molecule has 0 radical (unpaired) electrons. The van der Waals surface area contributed by atoms with Crippen LogP contribution in [-0.2, 0) is 6.18 Å². The average Bonchev–Trinajstić information content (AvgIpc) is 2.94. The Hall–Kier alpha value is -1.27. The van der Waals surface area contributed by atoms with Crippen LogP contribution in [0, 0.1) is 5.92 Å². The SMILES string of the molecule is CC(C)N1CCC(C(N)COc2ccc(C(F)(F)F)cc2)C1. The number of benzene rings is 1. The molecule has 1 aliphatic rings. The van der Waals surface area contributed by atoms with E-state index in [9.17, 15) is 13.2 Å². The van der Waals surface area contributed by atoms with Gasteiger partial charge in [0.15, 0.2) is 0 Å². The number of likely N-dealkylation sites (tertiary alicyclic amines) is 1. The van der Waals surface area contributed by atoms with E-state index in [0.717, 1.165) is 31.6 Å². The minimum Gasteiger partial charge on any atom is -0.492 e. The Bertz CT molecular complexity index is 473. The standard InChI is InChI=1S/C16H23F3N2O/c1-11(2)21-8-7-12(9-21)15(20)10-22-14-5-3-13(4-6-14)16(17,18)19/h3-6,11-12,15H,7-10,20H2,1-2H3. The van der Waals surface area contributed by atoms with E-state index in [2.05, 4.69) is 18.7 Å². The van der Waals surface area contributed by atoms with Crippen LogP contribution < -0.4 is 10.5 Å². The van der Waals surface area contributed by atoms with Gasteiger partial charge in [0.1, 0.15) is 12.4 Å². The summed E-state index contributed by atoms with van der Waals surface area (Å²) < 4.78 is 43.0. The molecule has 2 unspecified atom stereocenters. The molecule has 0 bridgehead atoms. The van der Waals surface area contributed by atoms with Gasteiger partial charge in [-0.05, 0) is 57.0 Å². The second-order valence-electron chi connectivity index (χ2n) is 6.13. The van der Waals surface area contributed by atoms with Gasteiger partial charge < -0.3 is 15.4 Å². The van der Waals surface area contributed by atoms with Crippen molar-refractivity contribution in [1.82, 2.24) is 4.90 Å². The number of rotatable bonds is 5. The minimum absolute atomic E-state index is 0.106. The molecule has 6 heteroatoms. The van der Waals surface area contributed by atoms with Crippen molar-refractivity contribution in [1.29, 1.82) is 0 Å². The fraction of sp³-hybridized carbons (Fsp3) is 0.625. The summed E-state index contributed by atoms with van der Waals surface area (Å²) in [5.41, 5.74) is 5.48. The van der Waals surface area contributed by atoms with Crippen LogP contribution in [0.25, 0.3) is 0 Å². The number of nitrogens with two attached hydrogens (primary N) is 1.